The maximum atomic E-state index is 7.37. The lowest BCUT2D eigenvalue weighted by Crippen LogP contribution is -2.58. The summed E-state index contributed by atoms with van der Waals surface area (Å²) in [6.45, 7) is 15.0. The van der Waals surface area contributed by atoms with Crippen molar-refractivity contribution in [3.05, 3.63) is 35.9 Å². The first-order valence-electron chi connectivity index (χ1n) is 13.2. The van der Waals surface area contributed by atoms with Crippen LogP contribution in [0.15, 0.2) is 30.3 Å². The zero-order chi connectivity index (χ0) is 22.9. The maximum Gasteiger partial charge on any atom is 0.184 e. The molecule has 0 amide bonds. The molecule has 1 aromatic carbocycles. The highest BCUT2D eigenvalue weighted by molar-refractivity contribution is 5.17. The van der Waals surface area contributed by atoms with Gasteiger partial charge in [-0.1, -0.05) is 84.7 Å². The average molecular weight is 443 g/mol. The Labute approximate surface area is 196 Å². The molecule has 3 aliphatic rings. The minimum atomic E-state index is -0.279. The summed E-state index contributed by atoms with van der Waals surface area (Å²) in [7, 11) is 0. The number of rotatable bonds is 6. The molecule has 3 nitrogen and oxygen atoms in total. The molecule has 0 bridgehead atoms. The molecule has 7 unspecified atom stereocenters. The fourth-order valence-corrected chi connectivity index (χ4v) is 6.82. The summed E-state index contributed by atoms with van der Waals surface area (Å²) in [6.07, 6.45) is 8.57. The van der Waals surface area contributed by atoms with Gasteiger partial charge in [0.2, 0.25) is 0 Å². The third-order valence-corrected chi connectivity index (χ3v) is 9.12. The van der Waals surface area contributed by atoms with Gasteiger partial charge in [-0.2, -0.15) is 0 Å². The molecule has 2 saturated carbocycles. The van der Waals surface area contributed by atoms with Gasteiger partial charge in [-0.05, 0) is 61.2 Å². The third-order valence-electron chi connectivity index (χ3n) is 9.12. The summed E-state index contributed by atoms with van der Waals surface area (Å²) >= 11 is 0. The average Bonchev–Trinajstić information content (AvgIpc) is 3.25. The van der Waals surface area contributed by atoms with E-state index >= 15 is 0 Å². The van der Waals surface area contributed by atoms with Crippen molar-refractivity contribution >= 4 is 0 Å². The molecule has 1 aromatic rings. The van der Waals surface area contributed by atoms with E-state index in [0.717, 1.165) is 12.0 Å². The van der Waals surface area contributed by atoms with Crippen molar-refractivity contribution in [2.75, 3.05) is 6.61 Å². The Morgan fingerprint density at radius 3 is 2.44 bits per heavy atom. The van der Waals surface area contributed by atoms with Gasteiger partial charge in [-0.15, -0.1) is 0 Å². The maximum absolute atomic E-state index is 7.37. The molecule has 0 aromatic heterocycles. The Kier molecular flexibility index (Phi) is 7.39. The highest BCUT2D eigenvalue weighted by Gasteiger charge is 2.55. The van der Waals surface area contributed by atoms with Crippen molar-refractivity contribution in [1.82, 2.24) is 0 Å². The van der Waals surface area contributed by atoms with Crippen LogP contribution in [-0.4, -0.2) is 24.4 Å². The van der Waals surface area contributed by atoms with Gasteiger partial charge >= 0.3 is 0 Å². The summed E-state index contributed by atoms with van der Waals surface area (Å²) in [6, 6.07) is 10.4. The lowest BCUT2D eigenvalue weighted by atomic mass is 9.63. The Morgan fingerprint density at radius 1 is 1.00 bits per heavy atom. The quantitative estimate of drug-likeness (QED) is 0.455. The Morgan fingerprint density at radius 2 is 1.75 bits per heavy atom. The third kappa shape index (κ3) is 4.81. The van der Waals surface area contributed by atoms with Crippen LogP contribution in [0.3, 0.4) is 0 Å². The minimum absolute atomic E-state index is 0.00455. The second kappa shape index (κ2) is 9.76. The summed E-state index contributed by atoms with van der Waals surface area (Å²) in [5.74, 6) is 2.42. The van der Waals surface area contributed by atoms with E-state index < -0.39 is 0 Å². The normalized spacial score (nSPS) is 40.8. The molecule has 180 valence electrons. The molecule has 1 aliphatic heterocycles. The first-order chi connectivity index (χ1) is 15.2. The lowest BCUT2D eigenvalue weighted by molar-refractivity contribution is -0.233. The van der Waals surface area contributed by atoms with Gasteiger partial charge in [0.15, 0.2) is 6.29 Å². The molecule has 3 fully saturated rings. The van der Waals surface area contributed by atoms with E-state index in [0.29, 0.717) is 41.8 Å². The van der Waals surface area contributed by atoms with Crippen molar-refractivity contribution in [3.8, 4) is 0 Å². The van der Waals surface area contributed by atoms with E-state index in [1.165, 1.54) is 38.5 Å². The van der Waals surface area contributed by atoms with Crippen LogP contribution in [0, 0.1) is 29.1 Å². The predicted molar refractivity (Wildman–Crippen MR) is 130 cm³/mol. The van der Waals surface area contributed by atoms with Gasteiger partial charge in [0.1, 0.15) is 11.7 Å². The largest absolute Gasteiger partial charge is 0.369 e. The predicted octanol–water partition coefficient (Wildman–Crippen LogP) is 7.55. The summed E-state index contributed by atoms with van der Waals surface area (Å²) in [5, 5.41) is 0. The molecular formula is C29H46O3. The molecule has 0 N–H and O–H groups in total. The molecule has 2 aliphatic carbocycles. The molecular weight excluding hydrogens is 396 g/mol. The van der Waals surface area contributed by atoms with Crippen molar-refractivity contribution in [2.45, 2.75) is 111 Å². The van der Waals surface area contributed by atoms with Crippen LogP contribution in [0.25, 0.3) is 0 Å². The van der Waals surface area contributed by atoms with Gasteiger partial charge in [0.25, 0.3) is 0 Å². The summed E-state index contributed by atoms with van der Waals surface area (Å²) in [5.41, 5.74) is 1.23. The Balaban J connectivity index is 1.62. The molecule has 1 saturated heterocycles. The highest BCUT2D eigenvalue weighted by atomic mass is 16.7. The van der Waals surface area contributed by atoms with Crippen LogP contribution in [0.4, 0.5) is 0 Å². The van der Waals surface area contributed by atoms with Crippen LogP contribution in [-0.2, 0) is 14.2 Å². The van der Waals surface area contributed by atoms with Crippen LogP contribution in [0.1, 0.15) is 98.3 Å². The summed E-state index contributed by atoms with van der Waals surface area (Å²) < 4.78 is 20.3. The fourth-order valence-electron chi connectivity index (χ4n) is 6.82. The van der Waals surface area contributed by atoms with Gasteiger partial charge in [-0.25, -0.2) is 0 Å². The van der Waals surface area contributed by atoms with Gasteiger partial charge in [0.05, 0.1) is 12.7 Å². The van der Waals surface area contributed by atoms with E-state index in [2.05, 4.69) is 65.8 Å². The van der Waals surface area contributed by atoms with E-state index in [1.807, 2.05) is 6.07 Å². The van der Waals surface area contributed by atoms with Crippen molar-refractivity contribution in [2.24, 2.45) is 29.1 Å². The molecule has 1 heterocycles. The number of ether oxygens (including phenoxy) is 3. The minimum Gasteiger partial charge on any atom is -0.369 e. The molecule has 3 heteroatoms. The second-order valence-electron chi connectivity index (χ2n) is 12.0. The molecule has 0 radical (unpaired) electrons. The van der Waals surface area contributed by atoms with Crippen LogP contribution in [0.2, 0.25) is 0 Å². The second-order valence-corrected chi connectivity index (χ2v) is 12.0. The zero-order valence-corrected chi connectivity index (χ0v) is 21.3. The van der Waals surface area contributed by atoms with E-state index in [4.69, 9.17) is 14.2 Å². The van der Waals surface area contributed by atoms with E-state index in [-0.39, 0.29) is 18.0 Å². The Bertz CT molecular complexity index is 731. The van der Waals surface area contributed by atoms with Crippen LogP contribution >= 0.6 is 0 Å². The SMILES string of the molecule is CC1CCC(C(C)C)C(OC2CCCC(C)(C(C)C)C2)(C2COC(c3ccccc3)O2)C1. The van der Waals surface area contributed by atoms with Gasteiger partial charge in [0, 0.05) is 5.56 Å². The van der Waals surface area contributed by atoms with Gasteiger partial charge in [-0.3, -0.25) is 0 Å². The molecule has 0 spiro atoms. The smallest absolute Gasteiger partial charge is 0.184 e. The topological polar surface area (TPSA) is 27.7 Å². The van der Waals surface area contributed by atoms with Crippen LogP contribution < -0.4 is 0 Å². The molecule has 4 rings (SSSR count). The number of benzene rings is 1. The van der Waals surface area contributed by atoms with E-state index in [9.17, 15) is 0 Å². The fraction of sp³-hybridized carbons (Fsp3) is 0.793. The highest BCUT2D eigenvalue weighted by Crippen LogP contribution is 2.52. The lowest BCUT2D eigenvalue weighted by Gasteiger charge is -2.53. The Hall–Kier alpha value is -0.900. The number of hydrogen-bond acceptors (Lipinski definition) is 3. The molecule has 32 heavy (non-hydrogen) atoms. The molecule has 7 atom stereocenters. The van der Waals surface area contributed by atoms with E-state index in [1.54, 1.807) is 0 Å². The van der Waals surface area contributed by atoms with Crippen molar-refractivity contribution in [1.29, 1.82) is 0 Å². The summed E-state index contributed by atoms with van der Waals surface area (Å²) in [4.78, 5) is 0. The zero-order valence-electron chi connectivity index (χ0n) is 21.3. The first-order valence-corrected chi connectivity index (χ1v) is 13.2. The first kappa shape index (κ1) is 24.2. The van der Waals surface area contributed by atoms with Crippen molar-refractivity contribution < 1.29 is 14.2 Å². The standard InChI is InChI=1S/C29H46O3/c1-20(2)25-15-14-22(5)17-29(25,32-24-13-10-16-28(6,18-24)21(3)4)26-19-30-27(31-26)23-11-8-7-9-12-23/h7-9,11-12,20-22,24-27H,10,13-19H2,1-6H3. The number of hydrogen-bond donors (Lipinski definition) is 0. The monoisotopic (exact) mass is 442 g/mol. The van der Waals surface area contributed by atoms with Crippen molar-refractivity contribution in [3.63, 3.8) is 0 Å². The van der Waals surface area contributed by atoms with Gasteiger partial charge < -0.3 is 14.2 Å². The van der Waals surface area contributed by atoms with Crippen LogP contribution in [0.5, 0.6) is 0 Å².